The van der Waals surface area contributed by atoms with Gasteiger partial charge >= 0.3 is 0 Å². The molecule has 0 saturated carbocycles. The second-order valence-electron chi connectivity index (χ2n) is 2.86. The Hall–Kier alpha value is -1.27. The number of hydrogen-bond donors (Lipinski definition) is 1. The average Bonchev–Trinajstić information content (AvgIpc) is 2.20. The van der Waals surface area contributed by atoms with Crippen molar-refractivity contribution in [1.29, 1.82) is 5.26 Å². The normalized spacial score (nSPS) is 11.8. The summed E-state index contributed by atoms with van der Waals surface area (Å²) in [5.74, 6) is 0. The zero-order valence-electron chi connectivity index (χ0n) is 7.92. The Morgan fingerprint density at radius 2 is 2.00 bits per heavy atom. The molecular weight excluding hydrogens is 240 g/mol. The monoisotopic (exact) mass is 250 g/mol. The lowest BCUT2D eigenvalue weighted by atomic mass is 10.1. The van der Waals surface area contributed by atoms with Crippen LogP contribution in [0.1, 0.15) is 18.9 Å². The van der Waals surface area contributed by atoms with E-state index in [-0.39, 0.29) is 0 Å². The van der Waals surface area contributed by atoms with Crippen molar-refractivity contribution in [3.05, 3.63) is 39.9 Å². The third-order valence-corrected chi connectivity index (χ3v) is 2.50. The summed E-state index contributed by atoms with van der Waals surface area (Å²) in [7, 11) is 0. The van der Waals surface area contributed by atoms with E-state index in [9.17, 15) is 0 Å². The summed E-state index contributed by atoms with van der Waals surface area (Å²) in [4.78, 5) is 0. The van der Waals surface area contributed by atoms with E-state index in [2.05, 4.69) is 22.0 Å². The summed E-state index contributed by atoms with van der Waals surface area (Å²) in [5.41, 5.74) is 7.95. The van der Waals surface area contributed by atoms with E-state index in [1.54, 1.807) is 0 Å². The van der Waals surface area contributed by atoms with Crippen molar-refractivity contribution in [2.45, 2.75) is 13.3 Å². The van der Waals surface area contributed by atoms with Crippen LogP contribution in [-0.4, -0.2) is 0 Å². The number of nitrogens with two attached hydrogens (primary N) is 1. The minimum Gasteiger partial charge on any atom is -0.397 e. The molecule has 0 aliphatic heterocycles. The van der Waals surface area contributed by atoms with Gasteiger partial charge in [-0.05, 0) is 24.1 Å². The van der Waals surface area contributed by atoms with Crippen molar-refractivity contribution in [2.24, 2.45) is 5.73 Å². The van der Waals surface area contributed by atoms with Gasteiger partial charge in [0.1, 0.15) is 0 Å². The molecule has 1 aromatic rings. The van der Waals surface area contributed by atoms with Crippen LogP contribution in [0, 0.1) is 11.3 Å². The highest BCUT2D eigenvalue weighted by Gasteiger charge is 2.02. The molecule has 0 aliphatic carbocycles. The lowest BCUT2D eigenvalue weighted by Gasteiger charge is -2.03. The molecule has 0 radical (unpaired) electrons. The molecule has 72 valence electrons. The highest BCUT2D eigenvalue weighted by Crippen LogP contribution is 2.18. The highest BCUT2D eigenvalue weighted by atomic mass is 79.9. The molecule has 2 nitrogen and oxygen atoms in total. The van der Waals surface area contributed by atoms with Crippen molar-refractivity contribution in [3.63, 3.8) is 0 Å². The maximum absolute atomic E-state index is 8.82. The van der Waals surface area contributed by atoms with Crippen LogP contribution in [0.15, 0.2) is 34.3 Å². The number of nitrogens with zero attached hydrogens (tertiary/aromatic N) is 1. The number of hydrogen-bond acceptors (Lipinski definition) is 2. The van der Waals surface area contributed by atoms with Gasteiger partial charge in [-0.25, -0.2) is 0 Å². The molecule has 0 heterocycles. The molecule has 14 heavy (non-hydrogen) atoms. The van der Waals surface area contributed by atoms with Crippen LogP contribution < -0.4 is 5.73 Å². The Kier molecular flexibility index (Phi) is 3.73. The second kappa shape index (κ2) is 4.83. The summed E-state index contributed by atoms with van der Waals surface area (Å²) in [6, 6.07) is 9.72. The van der Waals surface area contributed by atoms with E-state index < -0.39 is 0 Å². The standard InChI is InChI=1S/C11H11BrN2/c1-2-8(7-13)11(14)9-3-5-10(12)6-4-9/h3-6H,2,14H2,1H3/b11-8-. The lowest BCUT2D eigenvalue weighted by molar-refractivity contribution is 1.14. The van der Waals surface area contributed by atoms with Crippen LogP contribution in [0.4, 0.5) is 0 Å². The SMILES string of the molecule is CC/C(C#N)=C(/N)c1ccc(Br)cc1. The molecule has 0 unspecified atom stereocenters. The molecule has 0 aromatic heterocycles. The minimum atomic E-state index is 0.572. The molecule has 0 fully saturated rings. The first kappa shape index (κ1) is 10.8. The molecule has 0 amide bonds. The molecule has 1 rings (SSSR count). The van der Waals surface area contributed by atoms with Gasteiger partial charge in [-0.3, -0.25) is 0 Å². The molecule has 0 aliphatic rings. The summed E-state index contributed by atoms with van der Waals surface area (Å²) in [5, 5.41) is 8.82. The van der Waals surface area contributed by atoms with Crippen molar-refractivity contribution in [2.75, 3.05) is 0 Å². The van der Waals surface area contributed by atoms with Crippen LogP contribution in [0.5, 0.6) is 0 Å². The Bertz CT molecular complexity index is 385. The largest absolute Gasteiger partial charge is 0.397 e. The van der Waals surface area contributed by atoms with Gasteiger partial charge in [0.05, 0.1) is 17.3 Å². The van der Waals surface area contributed by atoms with E-state index >= 15 is 0 Å². The Labute approximate surface area is 92.2 Å². The number of benzene rings is 1. The van der Waals surface area contributed by atoms with Crippen molar-refractivity contribution in [3.8, 4) is 6.07 Å². The summed E-state index contributed by atoms with van der Waals surface area (Å²) in [6.07, 6.45) is 0.665. The highest BCUT2D eigenvalue weighted by molar-refractivity contribution is 9.10. The van der Waals surface area contributed by atoms with E-state index in [0.29, 0.717) is 17.7 Å². The van der Waals surface area contributed by atoms with Crippen LogP contribution in [0.2, 0.25) is 0 Å². The fourth-order valence-electron chi connectivity index (χ4n) is 1.13. The number of allylic oxidation sites excluding steroid dienone is 1. The van der Waals surface area contributed by atoms with Crippen LogP contribution in [0.3, 0.4) is 0 Å². The first-order valence-electron chi connectivity index (χ1n) is 4.33. The fourth-order valence-corrected chi connectivity index (χ4v) is 1.40. The predicted molar refractivity (Wildman–Crippen MR) is 61.2 cm³/mol. The van der Waals surface area contributed by atoms with Gasteiger partial charge in [0, 0.05) is 4.47 Å². The molecule has 0 spiro atoms. The summed E-state index contributed by atoms with van der Waals surface area (Å²) >= 11 is 3.34. The van der Waals surface area contributed by atoms with E-state index in [4.69, 9.17) is 11.0 Å². The first-order valence-corrected chi connectivity index (χ1v) is 5.13. The number of rotatable bonds is 2. The van der Waals surface area contributed by atoms with Gasteiger partial charge in [0.25, 0.3) is 0 Å². The third kappa shape index (κ3) is 2.36. The Morgan fingerprint density at radius 3 is 2.43 bits per heavy atom. The molecule has 2 N–H and O–H groups in total. The van der Waals surface area contributed by atoms with Gasteiger partial charge in [-0.15, -0.1) is 0 Å². The predicted octanol–water partition coefficient (Wildman–Crippen LogP) is 3.05. The molecule has 0 bridgehead atoms. The maximum Gasteiger partial charge on any atom is 0.0968 e. The summed E-state index contributed by atoms with van der Waals surface area (Å²) < 4.78 is 1.00. The van der Waals surface area contributed by atoms with E-state index in [1.807, 2.05) is 31.2 Å². The van der Waals surface area contributed by atoms with Gasteiger partial charge < -0.3 is 5.73 Å². The number of halogens is 1. The molecule has 0 saturated heterocycles. The first-order chi connectivity index (χ1) is 6.69. The Morgan fingerprint density at radius 1 is 1.43 bits per heavy atom. The van der Waals surface area contributed by atoms with Gasteiger partial charge in [0.2, 0.25) is 0 Å². The molecule has 3 heteroatoms. The minimum absolute atomic E-state index is 0.572. The second-order valence-corrected chi connectivity index (χ2v) is 3.78. The fraction of sp³-hybridized carbons (Fsp3) is 0.182. The smallest absolute Gasteiger partial charge is 0.0968 e. The topological polar surface area (TPSA) is 49.8 Å². The van der Waals surface area contributed by atoms with Crippen molar-refractivity contribution in [1.82, 2.24) is 0 Å². The van der Waals surface area contributed by atoms with Gasteiger partial charge in [0.15, 0.2) is 0 Å². The Balaban J connectivity index is 3.12. The van der Waals surface area contributed by atoms with Crippen LogP contribution in [0.25, 0.3) is 5.70 Å². The maximum atomic E-state index is 8.82. The number of nitriles is 1. The van der Waals surface area contributed by atoms with Crippen molar-refractivity contribution < 1.29 is 0 Å². The van der Waals surface area contributed by atoms with Gasteiger partial charge in [-0.2, -0.15) is 5.26 Å². The zero-order chi connectivity index (χ0) is 10.6. The molecule has 1 aromatic carbocycles. The van der Waals surface area contributed by atoms with Crippen molar-refractivity contribution >= 4 is 21.6 Å². The van der Waals surface area contributed by atoms with E-state index in [1.165, 1.54) is 0 Å². The van der Waals surface area contributed by atoms with Gasteiger partial charge in [-0.1, -0.05) is 35.0 Å². The third-order valence-electron chi connectivity index (χ3n) is 1.97. The average molecular weight is 251 g/mol. The summed E-state index contributed by atoms with van der Waals surface area (Å²) in [6.45, 7) is 1.92. The van der Waals surface area contributed by atoms with Crippen LogP contribution in [-0.2, 0) is 0 Å². The lowest BCUT2D eigenvalue weighted by Crippen LogP contribution is -2.00. The van der Waals surface area contributed by atoms with E-state index in [0.717, 1.165) is 10.0 Å². The quantitative estimate of drug-likeness (QED) is 0.821. The molecule has 0 atom stereocenters. The zero-order valence-corrected chi connectivity index (χ0v) is 9.51. The van der Waals surface area contributed by atoms with Crippen LogP contribution >= 0.6 is 15.9 Å². The molecular formula is C11H11BrN2.